The minimum Gasteiger partial charge on any atom is -0.463 e. The number of hydrogen-bond acceptors (Lipinski definition) is 22. The van der Waals surface area contributed by atoms with E-state index in [1.54, 1.807) is 0 Å². The lowest BCUT2D eigenvalue weighted by molar-refractivity contribution is -0.161. The zero-order chi connectivity index (χ0) is 70.3. The molecule has 0 aromatic heterocycles. The van der Waals surface area contributed by atoms with Crippen LogP contribution in [0.3, 0.4) is 0 Å². The number of carbonyl (C=O) groups is 11. The third-order valence-electron chi connectivity index (χ3n) is 14.9. The maximum atomic E-state index is 14.8. The molecule has 0 aliphatic carbocycles. The number of nitrogens with one attached hydrogen (secondary N) is 3. The number of nitrogens with zero attached hydrogens (tertiary/aromatic N) is 1. The quantitative estimate of drug-likeness (QED) is 0.0212. The predicted molar refractivity (Wildman–Crippen MR) is 354 cm³/mol. The maximum Gasteiger partial charge on any atom is 0.322 e. The highest BCUT2D eigenvalue weighted by atomic mass is 79.9. The van der Waals surface area contributed by atoms with Crippen LogP contribution in [0.5, 0.6) is 0 Å². The molecule has 4 atom stereocenters. The van der Waals surface area contributed by atoms with Crippen molar-refractivity contribution in [1.29, 1.82) is 0 Å². The molecule has 32 heteroatoms. The van der Waals surface area contributed by atoms with Crippen molar-refractivity contribution in [2.75, 3.05) is 119 Å². The van der Waals surface area contributed by atoms with Crippen molar-refractivity contribution in [1.82, 2.24) is 20.9 Å². The van der Waals surface area contributed by atoms with E-state index < -0.39 is 179 Å². The number of halogens is 6. The fourth-order valence-electron chi connectivity index (χ4n) is 8.78. The molecule has 0 saturated carbocycles. The van der Waals surface area contributed by atoms with Crippen LogP contribution in [0.4, 0.5) is 0 Å². The van der Waals surface area contributed by atoms with Gasteiger partial charge in [0.15, 0.2) is 0 Å². The summed E-state index contributed by atoms with van der Waals surface area (Å²) < 4.78 is 55.7. The lowest BCUT2D eigenvalue weighted by atomic mass is 9.81. The van der Waals surface area contributed by atoms with Gasteiger partial charge in [0.25, 0.3) is 0 Å². The van der Waals surface area contributed by atoms with Crippen LogP contribution in [0.2, 0.25) is 0 Å². The summed E-state index contributed by atoms with van der Waals surface area (Å²) in [5.41, 5.74) is -7.11. The second kappa shape index (κ2) is 34.5. The molecule has 0 aromatic carbocycles. The van der Waals surface area contributed by atoms with Gasteiger partial charge in [-0.15, -0.1) is 0 Å². The van der Waals surface area contributed by atoms with Crippen LogP contribution < -0.4 is 16.0 Å². The zero-order valence-electron chi connectivity index (χ0n) is 55.1. The molecule has 3 heterocycles. The van der Waals surface area contributed by atoms with E-state index in [1.807, 2.05) is 0 Å². The molecule has 3 aliphatic rings. The molecule has 92 heavy (non-hydrogen) atoms. The third kappa shape index (κ3) is 25.5. The Kier molecular flexibility index (Phi) is 31.2. The molecule has 0 spiro atoms. The predicted octanol–water partition coefficient (Wildman–Crippen LogP) is 5.87. The summed E-state index contributed by atoms with van der Waals surface area (Å²) in [6, 6.07) is 0. The first-order valence-electron chi connectivity index (χ1n) is 29.9. The maximum absolute atomic E-state index is 14.8. The van der Waals surface area contributed by atoms with Gasteiger partial charge in [-0.25, -0.2) is 0 Å². The number of fused-ring (bicyclic) bond motifs is 5. The van der Waals surface area contributed by atoms with E-state index in [0.29, 0.717) is 0 Å². The van der Waals surface area contributed by atoms with E-state index in [9.17, 15) is 52.7 Å². The summed E-state index contributed by atoms with van der Waals surface area (Å²) in [4.78, 5) is 151. The summed E-state index contributed by atoms with van der Waals surface area (Å²) in [7, 11) is 0. The molecule has 5 amide bonds. The first kappa shape index (κ1) is 83.3. The normalized spacial score (nSPS) is 18.2. The van der Waals surface area contributed by atoms with Gasteiger partial charge in [-0.1, -0.05) is 95.6 Å². The average Bonchev–Trinajstić information content (AvgIpc) is 1.57. The highest BCUT2D eigenvalue weighted by Crippen LogP contribution is 2.48. The van der Waals surface area contributed by atoms with E-state index in [-0.39, 0.29) is 76.8 Å². The highest BCUT2D eigenvalue weighted by molar-refractivity contribution is 9.11. The Morgan fingerprint density at radius 2 is 0.609 bits per heavy atom. The monoisotopic (exact) mass is 1690 g/mol. The van der Waals surface area contributed by atoms with E-state index >= 15 is 0 Å². The molecule has 26 nitrogen and oxygen atoms in total. The van der Waals surface area contributed by atoms with Gasteiger partial charge in [-0.3, -0.25) is 57.6 Å². The van der Waals surface area contributed by atoms with Crippen LogP contribution in [-0.2, 0) is 105 Å². The second-order valence-electron chi connectivity index (χ2n) is 27.1. The van der Waals surface area contributed by atoms with Crippen molar-refractivity contribution in [2.45, 2.75) is 155 Å². The molecule has 4 unspecified atom stereocenters. The number of carbonyl (C=O) groups excluding carboxylic acids is 11. The molecule has 3 N–H and O–H groups in total. The van der Waals surface area contributed by atoms with Crippen molar-refractivity contribution in [3.8, 4) is 0 Å². The summed E-state index contributed by atoms with van der Waals surface area (Å²) in [6.45, 7) is 17.5. The lowest BCUT2D eigenvalue weighted by Crippen LogP contribution is -2.59. The average molecular weight is 1700 g/mol. The van der Waals surface area contributed by atoms with Gasteiger partial charge in [-0.2, -0.15) is 0 Å². The van der Waals surface area contributed by atoms with E-state index in [4.69, 9.17) is 52.1 Å². The first-order valence-corrected chi connectivity index (χ1v) is 34.6. The second-order valence-corrected chi connectivity index (χ2v) is 39.0. The van der Waals surface area contributed by atoms with E-state index in [1.165, 1.54) is 109 Å². The van der Waals surface area contributed by atoms with Gasteiger partial charge in [0.1, 0.15) is 81.8 Å². The lowest BCUT2D eigenvalue weighted by Gasteiger charge is -2.38. The summed E-state index contributed by atoms with van der Waals surface area (Å²) in [6.07, 6.45) is 1.13. The number of rotatable bonds is 41. The Balaban J connectivity index is 2.02. The van der Waals surface area contributed by atoms with E-state index in [2.05, 4.69) is 112 Å². The Labute approximate surface area is 589 Å². The summed E-state index contributed by atoms with van der Waals surface area (Å²) in [5, 5.41) is 8.54. The highest BCUT2D eigenvalue weighted by Gasteiger charge is 2.62. The fourth-order valence-corrected chi connectivity index (χ4v) is 9.47. The number of imide groups is 1. The van der Waals surface area contributed by atoms with Crippen LogP contribution in [0.1, 0.15) is 117 Å². The molecule has 526 valence electrons. The van der Waals surface area contributed by atoms with Crippen LogP contribution in [0, 0.1) is 33.5 Å². The van der Waals surface area contributed by atoms with Crippen LogP contribution in [0.25, 0.3) is 0 Å². The largest absolute Gasteiger partial charge is 0.463 e. The molecular weight excluding hydrogens is 1610 g/mol. The van der Waals surface area contributed by atoms with Crippen molar-refractivity contribution in [2.24, 2.45) is 33.5 Å². The molecular formula is C60H92Br6N4O22. The molecule has 2 bridgehead atoms. The fraction of sp³-hybridized carbons (Fsp3) is 0.817. The smallest absolute Gasteiger partial charge is 0.322 e. The number of amides is 5. The Bertz CT molecular complexity index is 2300. The number of ether oxygens (including phenoxy) is 11. The molecule has 0 aromatic rings. The first-order chi connectivity index (χ1) is 42.0. The van der Waals surface area contributed by atoms with Crippen LogP contribution in [-0.4, -0.2) is 227 Å². The van der Waals surface area contributed by atoms with Crippen molar-refractivity contribution in [3.63, 3.8) is 0 Å². The van der Waals surface area contributed by atoms with Crippen molar-refractivity contribution in [3.05, 3.63) is 0 Å². The minimum atomic E-state index is -1.82. The number of hydrogen-bond donors (Lipinski definition) is 3. The molecule has 3 aliphatic heterocycles. The van der Waals surface area contributed by atoms with Crippen molar-refractivity contribution >= 4 is 161 Å². The molecule has 3 fully saturated rings. The van der Waals surface area contributed by atoms with Gasteiger partial charge < -0.3 is 68.1 Å². The van der Waals surface area contributed by atoms with E-state index in [0.717, 1.165) is 12.8 Å². The Morgan fingerprint density at radius 3 is 0.848 bits per heavy atom. The zero-order valence-corrected chi connectivity index (χ0v) is 64.7. The summed E-state index contributed by atoms with van der Waals surface area (Å²) >= 11 is 19.6. The number of alkyl halides is 6. The summed E-state index contributed by atoms with van der Waals surface area (Å²) in [5.74, 6) is -8.36. The number of esters is 6. The molecule has 3 rings (SSSR count). The standard InChI is InChI=1S/C60H92Br6N4O22/c1-51(2,61)45(76)86-29-57(13,30-87-46(77)52(3,4)62)42(73)67-26-60(27-68-43(74)58(14,31-88-47(78)53(5,6)63)32-89-48(79)54(7,8)64,28-69-44(75)59(15,33-90-49(80)55(9,10)65)34-91-50(81)56(11,12)66)35-85-25-24-84-23-22-83-21-20-82-19-18-70-40(71)38-36-16-17-37(92-36)39(38)41(70)72/h36-39H,16-35H2,1-15H3,(H,67,73)(H,68,74)(H,69,75). The SMILES string of the molecule is CC(C)(Br)C(=O)OCC(C)(COC(=O)C(C)(C)Br)C(=O)NCC(CNC(=O)C(C)(COC(=O)C(C)(C)Br)COC(=O)C(C)(C)Br)(CNC(=O)C(C)(COC(=O)C(C)(C)Br)COC(=O)C(C)(C)Br)COCCOCCOCCOCCN1C(=O)C2C3CCC(O3)C2C1=O. The minimum absolute atomic E-state index is 0.0401. The van der Waals surface area contributed by atoms with Gasteiger partial charge >= 0.3 is 35.8 Å². The molecule has 0 radical (unpaired) electrons. The Morgan fingerprint density at radius 1 is 0.380 bits per heavy atom. The topological polar surface area (TPSA) is 329 Å². The van der Waals surface area contributed by atoms with Gasteiger partial charge in [0, 0.05) is 25.0 Å². The van der Waals surface area contributed by atoms with Crippen LogP contribution in [0.15, 0.2) is 0 Å². The van der Waals surface area contributed by atoms with Gasteiger partial charge in [0.05, 0.1) is 83.4 Å². The van der Waals surface area contributed by atoms with Crippen LogP contribution >= 0.6 is 95.6 Å². The molecule has 3 saturated heterocycles. The van der Waals surface area contributed by atoms with Crippen molar-refractivity contribution < 1.29 is 105 Å². The number of likely N-dealkylation sites (tertiary alicyclic amines) is 1. The third-order valence-corrected chi connectivity index (χ3v) is 16.9. The van der Waals surface area contributed by atoms with Gasteiger partial charge in [0.2, 0.25) is 29.5 Å². The Hall–Kier alpha value is -2.95. The van der Waals surface area contributed by atoms with Gasteiger partial charge in [-0.05, 0) is 117 Å².